The molecule has 0 fully saturated rings. The largest absolute Gasteiger partial charge is 0.329 e. The predicted molar refractivity (Wildman–Crippen MR) is 88.2 cm³/mol. The molecule has 0 bridgehead atoms. The van der Waals surface area contributed by atoms with E-state index >= 15 is 0 Å². The summed E-state index contributed by atoms with van der Waals surface area (Å²) in [7, 11) is 4.10. The number of rotatable bonds is 8. The van der Waals surface area contributed by atoms with Crippen LogP contribution in [0.2, 0.25) is 5.02 Å². The molecule has 1 atom stereocenters. The molecule has 0 saturated heterocycles. The van der Waals surface area contributed by atoms with Crippen molar-refractivity contribution in [3.63, 3.8) is 0 Å². The smallest absolute Gasteiger partial charge is 0.124 e. The Morgan fingerprint density at radius 2 is 1.90 bits per heavy atom. The summed E-state index contributed by atoms with van der Waals surface area (Å²) >= 11 is 6.21. The van der Waals surface area contributed by atoms with Crippen molar-refractivity contribution in [3.05, 3.63) is 34.6 Å². The Morgan fingerprint density at radius 1 is 1.24 bits per heavy atom. The average molecular weight is 316 g/mol. The van der Waals surface area contributed by atoms with Gasteiger partial charge in [-0.15, -0.1) is 0 Å². The molecule has 0 aliphatic rings. The lowest BCUT2D eigenvalue weighted by molar-refractivity contribution is 0.163. The lowest BCUT2D eigenvalue weighted by Gasteiger charge is -2.34. The first kappa shape index (κ1) is 18.4. The van der Waals surface area contributed by atoms with Crippen molar-refractivity contribution in [1.82, 2.24) is 9.80 Å². The van der Waals surface area contributed by atoms with E-state index in [0.29, 0.717) is 17.5 Å². The first-order valence-corrected chi connectivity index (χ1v) is 7.76. The molecule has 21 heavy (non-hydrogen) atoms. The van der Waals surface area contributed by atoms with Crippen molar-refractivity contribution in [2.75, 3.05) is 40.3 Å². The van der Waals surface area contributed by atoms with E-state index in [2.05, 4.69) is 37.7 Å². The van der Waals surface area contributed by atoms with Gasteiger partial charge < -0.3 is 10.6 Å². The number of nitrogens with zero attached hydrogens (tertiary/aromatic N) is 2. The van der Waals surface area contributed by atoms with Gasteiger partial charge in [0.25, 0.3) is 0 Å². The number of nitrogens with two attached hydrogens (primary N) is 1. The monoisotopic (exact) mass is 315 g/mol. The van der Waals surface area contributed by atoms with E-state index in [1.165, 1.54) is 12.1 Å². The van der Waals surface area contributed by atoms with E-state index in [4.69, 9.17) is 17.3 Å². The maximum Gasteiger partial charge on any atom is 0.124 e. The van der Waals surface area contributed by atoms with Crippen LogP contribution < -0.4 is 5.73 Å². The van der Waals surface area contributed by atoms with Crippen molar-refractivity contribution in [2.24, 2.45) is 11.7 Å². The Kier molecular flexibility index (Phi) is 7.60. The fraction of sp³-hybridized carbons (Fsp3) is 0.625. The SMILES string of the molecule is CC(C)CN(CCN(C)C)C(CN)c1ccc(F)cc1Cl. The molecule has 0 aliphatic carbocycles. The molecular formula is C16H27ClFN3. The van der Waals surface area contributed by atoms with Crippen LogP contribution in [0, 0.1) is 11.7 Å². The summed E-state index contributed by atoms with van der Waals surface area (Å²) in [6, 6.07) is 4.57. The van der Waals surface area contributed by atoms with Crippen molar-refractivity contribution in [3.8, 4) is 0 Å². The molecule has 0 radical (unpaired) electrons. The zero-order chi connectivity index (χ0) is 16.0. The Hall–Kier alpha value is -0.680. The average Bonchev–Trinajstić information content (AvgIpc) is 2.38. The van der Waals surface area contributed by atoms with Gasteiger partial charge in [-0.2, -0.15) is 0 Å². The van der Waals surface area contributed by atoms with Gasteiger partial charge in [-0.05, 0) is 37.7 Å². The third kappa shape index (κ3) is 5.91. The lowest BCUT2D eigenvalue weighted by atomic mass is 10.0. The minimum atomic E-state index is -0.316. The van der Waals surface area contributed by atoms with Crippen molar-refractivity contribution in [1.29, 1.82) is 0 Å². The Balaban J connectivity index is 2.98. The normalized spacial score (nSPS) is 13.4. The minimum absolute atomic E-state index is 0.0143. The summed E-state index contributed by atoms with van der Waals surface area (Å²) in [5, 5.41) is 0.448. The lowest BCUT2D eigenvalue weighted by Crippen LogP contribution is -2.40. The zero-order valence-corrected chi connectivity index (χ0v) is 14.2. The maximum atomic E-state index is 13.2. The number of hydrogen-bond acceptors (Lipinski definition) is 3. The Morgan fingerprint density at radius 3 is 2.38 bits per heavy atom. The number of halogens is 2. The molecule has 1 unspecified atom stereocenters. The van der Waals surface area contributed by atoms with Gasteiger partial charge in [0.2, 0.25) is 0 Å². The molecule has 1 aromatic rings. The molecule has 0 aliphatic heterocycles. The minimum Gasteiger partial charge on any atom is -0.329 e. The van der Waals surface area contributed by atoms with E-state index in [-0.39, 0.29) is 11.9 Å². The molecule has 1 aromatic carbocycles. The second-order valence-corrected chi connectivity index (χ2v) is 6.52. The highest BCUT2D eigenvalue weighted by molar-refractivity contribution is 6.31. The van der Waals surface area contributed by atoms with E-state index in [1.54, 1.807) is 6.07 Å². The van der Waals surface area contributed by atoms with E-state index in [0.717, 1.165) is 25.2 Å². The van der Waals surface area contributed by atoms with Crippen LogP contribution in [0.1, 0.15) is 25.5 Å². The highest BCUT2D eigenvalue weighted by Gasteiger charge is 2.22. The number of benzene rings is 1. The van der Waals surface area contributed by atoms with Crippen LogP contribution in [0.4, 0.5) is 4.39 Å². The van der Waals surface area contributed by atoms with Crippen LogP contribution in [0.15, 0.2) is 18.2 Å². The molecule has 2 N–H and O–H groups in total. The summed E-state index contributed by atoms with van der Waals surface area (Å²) < 4.78 is 13.2. The van der Waals surface area contributed by atoms with Crippen LogP contribution in [0.3, 0.4) is 0 Å². The van der Waals surface area contributed by atoms with E-state index in [9.17, 15) is 4.39 Å². The van der Waals surface area contributed by atoms with Gasteiger partial charge in [-0.3, -0.25) is 4.90 Å². The second-order valence-electron chi connectivity index (χ2n) is 6.11. The molecule has 0 spiro atoms. The first-order valence-electron chi connectivity index (χ1n) is 7.39. The van der Waals surface area contributed by atoms with E-state index in [1.807, 2.05) is 0 Å². The third-order valence-electron chi connectivity index (χ3n) is 3.42. The fourth-order valence-electron chi connectivity index (χ4n) is 2.42. The van der Waals surface area contributed by atoms with Gasteiger partial charge >= 0.3 is 0 Å². The van der Waals surface area contributed by atoms with Crippen LogP contribution in [-0.2, 0) is 0 Å². The molecule has 0 amide bonds. The van der Waals surface area contributed by atoms with Crippen LogP contribution in [0.25, 0.3) is 0 Å². The molecule has 120 valence electrons. The van der Waals surface area contributed by atoms with Gasteiger partial charge in [-0.25, -0.2) is 4.39 Å². The quantitative estimate of drug-likeness (QED) is 0.800. The topological polar surface area (TPSA) is 32.5 Å². The van der Waals surface area contributed by atoms with Gasteiger partial charge in [0.1, 0.15) is 5.82 Å². The summed E-state index contributed by atoms with van der Waals surface area (Å²) in [6.07, 6.45) is 0. The summed E-state index contributed by atoms with van der Waals surface area (Å²) in [5.41, 5.74) is 6.89. The predicted octanol–water partition coefficient (Wildman–Crippen LogP) is 3.00. The maximum absolute atomic E-state index is 13.2. The molecule has 0 heterocycles. The van der Waals surface area contributed by atoms with E-state index < -0.39 is 0 Å². The van der Waals surface area contributed by atoms with Crippen molar-refractivity contribution < 1.29 is 4.39 Å². The Labute approximate surface area is 132 Å². The van der Waals surface area contributed by atoms with Crippen LogP contribution >= 0.6 is 11.6 Å². The van der Waals surface area contributed by atoms with Gasteiger partial charge in [0, 0.05) is 37.2 Å². The number of likely N-dealkylation sites (N-methyl/N-ethyl adjacent to an activating group) is 1. The Bertz CT molecular complexity index is 438. The first-order chi connectivity index (χ1) is 9.85. The fourth-order valence-corrected chi connectivity index (χ4v) is 2.71. The van der Waals surface area contributed by atoms with Crippen molar-refractivity contribution in [2.45, 2.75) is 19.9 Å². The highest BCUT2D eigenvalue weighted by atomic mass is 35.5. The van der Waals surface area contributed by atoms with Crippen molar-refractivity contribution >= 4 is 11.6 Å². The van der Waals surface area contributed by atoms with Gasteiger partial charge in [-0.1, -0.05) is 31.5 Å². The summed E-state index contributed by atoms with van der Waals surface area (Å²) in [6.45, 7) is 7.61. The molecule has 3 nitrogen and oxygen atoms in total. The summed E-state index contributed by atoms with van der Waals surface area (Å²) in [4.78, 5) is 4.48. The van der Waals surface area contributed by atoms with Crippen LogP contribution in [0.5, 0.6) is 0 Å². The molecule has 1 rings (SSSR count). The number of hydrogen-bond donors (Lipinski definition) is 1. The second kappa shape index (κ2) is 8.69. The highest BCUT2D eigenvalue weighted by Crippen LogP contribution is 2.28. The molecule has 0 saturated carbocycles. The van der Waals surface area contributed by atoms with Gasteiger partial charge in [0.05, 0.1) is 0 Å². The molecule has 0 aromatic heterocycles. The molecular weight excluding hydrogens is 289 g/mol. The summed E-state index contributed by atoms with van der Waals surface area (Å²) in [5.74, 6) is 0.212. The zero-order valence-electron chi connectivity index (χ0n) is 13.4. The molecule has 5 heteroatoms. The van der Waals surface area contributed by atoms with Crippen LogP contribution in [-0.4, -0.2) is 50.1 Å². The third-order valence-corrected chi connectivity index (χ3v) is 3.75. The standard InChI is InChI=1S/C16H27ClFN3/c1-12(2)11-21(8-7-20(3)4)16(10-19)14-6-5-13(18)9-15(14)17/h5-6,9,12,16H,7-8,10-11,19H2,1-4H3. The van der Waals surface area contributed by atoms with Gasteiger partial charge in [0.15, 0.2) is 0 Å².